The third-order valence-electron chi connectivity index (χ3n) is 4.18. The summed E-state index contributed by atoms with van der Waals surface area (Å²) in [6, 6.07) is 20.0. The molecule has 0 amide bonds. The normalized spacial score (nSPS) is 10.7. The van der Waals surface area contributed by atoms with E-state index >= 15 is 0 Å². The quantitative estimate of drug-likeness (QED) is 0.500. The van der Waals surface area contributed by atoms with Crippen LogP contribution in [0.15, 0.2) is 65.3 Å². The number of aromatic amines is 1. The molecule has 2 aromatic heterocycles. The minimum Gasteiger partial charge on any atom is -0.383 e. The van der Waals surface area contributed by atoms with Crippen LogP contribution < -0.4 is 5.73 Å². The van der Waals surface area contributed by atoms with Crippen molar-refractivity contribution in [3.05, 3.63) is 70.8 Å². The van der Waals surface area contributed by atoms with Gasteiger partial charge in [0.2, 0.25) is 0 Å². The standard InChI is InChI=1S/C20H13BrN4/c21-13-7-5-12(6-8-13)19-9-15(16(10-22)20(23)25-19)17-11-24-18-4-2-1-3-14(17)18/h1-9,11,24H,(H2,23,25). The molecular weight excluding hydrogens is 376 g/mol. The fourth-order valence-electron chi connectivity index (χ4n) is 2.96. The summed E-state index contributed by atoms with van der Waals surface area (Å²) in [5, 5.41) is 10.6. The summed E-state index contributed by atoms with van der Waals surface area (Å²) in [5.74, 6) is 0.239. The molecule has 0 spiro atoms. The van der Waals surface area contributed by atoms with Crippen LogP contribution in [0.5, 0.6) is 0 Å². The molecule has 0 saturated heterocycles. The molecule has 4 nitrogen and oxygen atoms in total. The van der Waals surface area contributed by atoms with E-state index in [9.17, 15) is 5.26 Å². The van der Waals surface area contributed by atoms with Gasteiger partial charge in [0, 0.05) is 38.3 Å². The zero-order chi connectivity index (χ0) is 17.4. The van der Waals surface area contributed by atoms with Crippen molar-refractivity contribution in [3.63, 3.8) is 0 Å². The lowest BCUT2D eigenvalue weighted by Crippen LogP contribution is -1.99. The molecule has 120 valence electrons. The first-order chi connectivity index (χ1) is 12.2. The lowest BCUT2D eigenvalue weighted by atomic mass is 9.98. The Morgan fingerprint density at radius 2 is 1.80 bits per heavy atom. The number of benzene rings is 2. The lowest BCUT2D eigenvalue weighted by molar-refractivity contribution is 1.31. The SMILES string of the molecule is N#Cc1c(-c2c[nH]c3ccccc23)cc(-c2ccc(Br)cc2)nc1N. The fourth-order valence-corrected chi connectivity index (χ4v) is 3.22. The van der Waals surface area contributed by atoms with Gasteiger partial charge in [0.15, 0.2) is 0 Å². The highest BCUT2D eigenvalue weighted by atomic mass is 79.9. The summed E-state index contributed by atoms with van der Waals surface area (Å²) < 4.78 is 0.995. The molecule has 0 atom stereocenters. The van der Waals surface area contributed by atoms with Gasteiger partial charge in [-0.05, 0) is 24.3 Å². The van der Waals surface area contributed by atoms with Gasteiger partial charge in [-0.2, -0.15) is 5.26 Å². The fraction of sp³-hybridized carbons (Fsp3) is 0. The first-order valence-corrected chi connectivity index (χ1v) is 8.49. The van der Waals surface area contributed by atoms with Gasteiger partial charge in [0.1, 0.15) is 17.5 Å². The van der Waals surface area contributed by atoms with E-state index in [1.807, 2.05) is 60.8 Å². The monoisotopic (exact) mass is 388 g/mol. The number of anilines is 1. The number of fused-ring (bicyclic) bond motifs is 1. The summed E-state index contributed by atoms with van der Waals surface area (Å²) >= 11 is 3.44. The number of para-hydroxylation sites is 1. The molecule has 2 heterocycles. The third kappa shape index (κ3) is 2.67. The average molecular weight is 389 g/mol. The van der Waals surface area contributed by atoms with Gasteiger partial charge < -0.3 is 10.7 Å². The second-order valence-corrected chi connectivity index (χ2v) is 6.60. The van der Waals surface area contributed by atoms with Gasteiger partial charge in [-0.3, -0.25) is 0 Å². The van der Waals surface area contributed by atoms with E-state index in [0.29, 0.717) is 5.56 Å². The number of nitrogen functional groups attached to an aromatic ring is 1. The van der Waals surface area contributed by atoms with Crippen LogP contribution in [0.25, 0.3) is 33.3 Å². The van der Waals surface area contributed by atoms with Gasteiger partial charge in [0.05, 0.1) is 5.69 Å². The Hall–Kier alpha value is -3.10. The zero-order valence-corrected chi connectivity index (χ0v) is 14.7. The molecule has 0 radical (unpaired) electrons. The molecule has 0 unspecified atom stereocenters. The number of nitrogens with one attached hydrogen (secondary N) is 1. The summed E-state index contributed by atoms with van der Waals surface area (Å²) in [4.78, 5) is 7.67. The third-order valence-corrected chi connectivity index (χ3v) is 4.71. The number of hydrogen-bond donors (Lipinski definition) is 2. The van der Waals surface area contributed by atoms with Crippen LogP contribution in [-0.2, 0) is 0 Å². The number of nitrogens with two attached hydrogens (primary N) is 1. The van der Waals surface area contributed by atoms with Crippen LogP contribution in [0.2, 0.25) is 0 Å². The summed E-state index contributed by atoms with van der Waals surface area (Å²) in [5.41, 5.74) is 10.9. The van der Waals surface area contributed by atoms with Gasteiger partial charge in [-0.1, -0.05) is 46.3 Å². The lowest BCUT2D eigenvalue weighted by Gasteiger charge is -2.10. The number of nitrogens with zero attached hydrogens (tertiary/aromatic N) is 2. The zero-order valence-electron chi connectivity index (χ0n) is 13.1. The van der Waals surface area contributed by atoms with Gasteiger partial charge >= 0.3 is 0 Å². The summed E-state index contributed by atoms with van der Waals surface area (Å²) in [6.45, 7) is 0. The Kier molecular flexibility index (Phi) is 3.75. The number of nitriles is 1. The maximum atomic E-state index is 9.58. The Morgan fingerprint density at radius 1 is 1.04 bits per heavy atom. The van der Waals surface area contributed by atoms with Crippen molar-refractivity contribution in [2.24, 2.45) is 0 Å². The van der Waals surface area contributed by atoms with Crippen LogP contribution >= 0.6 is 15.9 Å². The number of aromatic nitrogens is 2. The van der Waals surface area contributed by atoms with E-state index < -0.39 is 0 Å². The minimum absolute atomic E-state index is 0.239. The average Bonchev–Trinajstić information content (AvgIpc) is 3.05. The molecule has 25 heavy (non-hydrogen) atoms. The van der Waals surface area contributed by atoms with E-state index in [-0.39, 0.29) is 5.82 Å². The Balaban J connectivity index is 1.98. The molecule has 4 rings (SSSR count). The Bertz CT molecular complexity index is 1120. The number of halogens is 1. The molecule has 3 N–H and O–H groups in total. The predicted octanol–water partition coefficient (Wildman–Crippen LogP) is 5.11. The maximum Gasteiger partial charge on any atom is 0.142 e. The highest BCUT2D eigenvalue weighted by Crippen LogP contribution is 2.35. The van der Waals surface area contributed by atoms with E-state index in [1.165, 1.54) is 0 Å². The molecule has 0 aliphatic carbocycles. The van der Waals surface area contributed by atoms with Crippen LogP contribution in [0.1, 0.15) is 5.56 Å². The molecule has 0 saturated carbocycles. The summed E-state index contributed by atoms with van der Waals surface area (Å²) in [7, 11) is 0. The second-order valence-electron chi connectivity index (χ2n) is 5.68. The molecule has 0 aliphatic rings. The van der Waals surface area contributed by atoms with E-state index in [2.05, 4.69) is 32.0 Å². The number of H-pyrrole nitrogens is 1. The van der Waals surface area contributed by atoms with Gasteiger partial charge in [-0.25, -0.2) is 4.98 Å². The van der Waals surface area contributed by atoms with Crippen molar-refractivity contribution < 1.29 is 0 Å². The van der Waals surface area contributed by atoms with E-state index in [0.717, 1.165) is 37.8 Å². The van der Waals surface area contributed by atoms with Crippen molar-refractivity contribution in [1.82, 2.24) is 9.97 Å². The highest BCUT2D eigenvalue weighted by molar-refractivity contribution is 9.10. The Labute approximate surface area is 153 Å². The molecule has 0 fully saturated rings. The highest BCUT2D eigenvalue weighted by Gasteiger charge is 2.16. The van der Waals surface area contributed by atoms with Crippen LogP contribution in [0.4, 0.5) is 5.82 Å². The van der Waals surface area contributed by atoms with Gasteiger partial charge in [-0.15, -0.1) is 0 Å². The molecule has 0 bridgehead atoms. The maximum absolute atomic E-state index is 9.58. The smallest absolute Gasteiger partial charge is 0.142 e. The number of rotatable bonds is 2. The predicted molar refractivity (Wildman–Crippen MR) is 104 cm³/mol. The van der Waals surface area contributed by atoms with Crippen molar-refractivity contribution in [1.29, 1.82) is 5.26 Å². The molecule has 2 aromatic carbocycles. The molecule has 5 heteroatoms. The number of hydrogen-bond acceptors (Lipinski definition) is 3. The van der Waals surface area contributed by atoms with Gasteiger partial charge in [0.25, 0.3) is 0 Å². The first kappa shape index (κ1) is 15.4. The van der Waals surface area contributed by atoms with Crippen LogP contribution in [0.3, 0.4) is 0 Å². The van der Waals surface area contributed by atoms with Crippen LogP contribution in [0, 0.1) is 11.3 Å². The molecule has 4 aromatic rings. The van der Waals surface area contributed by atoms with Crippen molar-refractivity contribution >= 4 is 32.7 Å². The minimum atomic E-state index is 0.239. The molecular formula is C20H13BrN4. The van der Waals surface area contributed by atoms with Crippen LogP contribution in [-0.4, -0.2) is 9.97 Å². The molecule has 0 aliphatic heterocycles. The van der Waals surface area contributed by atoms with E-state index in [4.69, 9.17) is 5.73 Å². The Morgan fingerprint density at radius 3 is 2.56 bits per heavy atom. The van der Waals surface area contributed by atoms with Crippen molar-refractivity contribution in [2.75, 3.05) is 5.73 Å². The van der Waals surface area contributed by atoms with E-state index in [1.54, 1.807) is 0 Å². The first-order valence-electron chi connectivity index (χ1n) is 7.70. The number of pyridine rings is 1. The largest absolute Gasteiger partial charge is 0.383 e. The van der Waals surface area contributed by atoms with Crippen molar-refractivity contribution in [3.8, 4) is 28.5 Å². The van der Waals surface area contributed by atoms with Crippen molar-refractivity contribution in [2.45, 2.75) is 0 Å². The second kappa shape index (κ2) is 6.08. The topological polar surface area (TPSA) is 78.5 Å². The summed E-state index contributed by atoms with van der Waals surface area (Å²) in [6.07, 6.45) is 1.91.